The van der Waals surface area contributed by atoms with E-state index in [9.17, 15) is 4.79 Å². The maximum atomic E-state index is 12.6. The van der Waals surface area contributed by atoms with Gasteiger partial charge in [0.25, 0.3) is 5.91 Å². The number of nitrogens with two attached hydrogens (primary N) is 1. The standard InChI is InChI=1S/C14H17Cl2N3O/c15-12-7-9(17)6-11(13(12)16)14(20)19-5-4-18-3-1-2-10(18)8-19/h6-7,10H,1-5,8,17H2. The topological polar surface area (TPSA) is 49.6 Å². The Morgan fingerprint density at radius 2 is 2.05 bits per heavy atom. The maximum absolute atomic E-state index is 12.6. The minimum absolute atomic E-state index is 0.0734. The molecule has 20 heavy (non-hydrogen) atoms. The van der Waals surface area contributed by atoms with Crippen LogP contribution in [0.25, 0.3) is 0 Å². The molecule has 4 nitrogen and oxygen atoms in total. The SMILES string of the molecule is Nc1cc(Cl)c(Cl)c(C(=O)N2CCN3CCCC3C2)c1. The van der Waals surface area contributed by atoms with Crippen molar-refractivity contribution < 1.29 is 4.79 Å². The first-order chi connectivity index (χ1) is 9.56. The Bertz CT molecular complexity index is 549. The van der Waals surface area contributed by atoms with Gasteiger partial charge in [0.1, 0.15) is 0 Å². The van der Waals surface area contributed by atoms with Gasteiger partial charge >= 0.3 is 0 Å². The molecule has 2 saturated heterocycles. The van der Waals surface area contributed by atoms with E-state index in [0.29, 0.717) is 27.3 Å². The fraction of sp³-hybridized carbons (Fsp3) is 0.500. The van der Waals surface area contributed by atoms with Gasteiger partial charge in [-0.05, 0) is 31.5 Å². The summed E-state index contributed by atoms with van der Waals surface area (Å²) in [6, 6.07) is 3.66. The number of benzene rings is 1. The Balaban J connectivity index is 1.82. The summed E-state index contributed by atoms with van der Waals surface area (Å²) in [6.07, 6.45) is 2.38. The van der Waals surface area contributed by atoms with Gasteiger partial charge in [-0.3, -0.25) is 9.69 Å². The number of carbonyl (C=O) groups is 1. The number of hydrogen-bond donors (Lipinski definition) is 1. The van der Waals surface area contributed by atoms with Gasteiger partial charge in [-0.1, -0.05) is 23.2 Å². The number of nitrogen functional groups attached to an aromatic ring is 1. The van der Waals surface area contributed by atoms with Crippen LogP contribution in [0.3, 0.4) is 0 Å². The van der Waals surface area contributed by atoms with Crippen LogP contribution in [0.5, 0.6) is 0 Å². The molecule has 3 rings (SSSR count). The van der Waals surface area contributed by atoms with Crippen molar-refractivity contribution in [1.29, 1.82) is 0 Å². The lowest BCUT2D eigenvalue weighted by molar-refractivity contribution is 0.0571. The number of piperazine rings is 1. The van der Waals surface area contributed by atoms with E-state index in [1.54, 1.807) is 12.1 Å². The molecule has 108 valence electrons. The predicted molar refractivity (Wildman–Crippen MR) is 81.4 cm³/mol. The number of rotatable bonds is 1. The van der Waals surface area contributed by atoms with Crippen LogP contribution >= 0.6 is 23.2 Å². The lowest BCUT2D eigenvalue weighted by atomic mass is 10.1. The molecule has 0 radical (unpaired) electrons. The fourth-order valence-corrected chi connectivity index (χ4v) is 3.53. The van der Waals surface area contributed by atoms with Crippen molar-refractivity contribution in [3.05, 3.63) is 27.7 Å². The molecule has 0 bridgehead atoms. The van der Waals surface area contributed by atoms with Crippen molar-refractivity contribution in [1.82, 2.24) is 9.80 Å². The average Bonchev–Trinajstić information content (AvgIpc) is 2.89. The van der Waals surface area contributed by atoms with Crippen molar-refractivity contribution in [3.63, 3.8) is 0 Å². The molecule has 1 aromatic rings. The molecular formula is C14H17Cl2N3O. The third-order valence-electron chi connectivity index (χ3n) is 4.16. The van der Waals surface area contributed by atoms with E-state index >= 15 is 0 Å². The monoisotopic (exact) mass is 313 g/mol. The molecule has 2 fully saturated rings. The van der Waals surface area contributed by atoms with Gasteiger partial charge in [0, 0.05) is 31.4 Å². The number of nitrogens with zero attached hydrogens (tertiary/aromatic N) is 2. The van der Waals surface area contributed by atoms with E-state index in [-0.39, 0.29) is 5.91 Å². The summed E-state index contributed by atoms with van der Waals surface area (Å²) in [6.45, 7) is 3.58. The van der Waals surface area contributed by atoms with Crippen LogP contribution in [0.1, 0.15) is 23.2 Å². The molecular weight excluding hydrogens is 297 g/mol. The van der Waals surface area contributed by atoms with Crippen LogP contribution in [0.4, 0.5) is 5.69 Å². The van der Waals surface area contributed by atoms with Gasteiger partial charge in [-0.15, -0.1) is 0 Å². The number of amides is 1. The second-order valence-electron chi connectivity index (χ2n) is 5.45. The van der Waals surface area contributed by atoms with E-state index in [2.05, 4.69) is 4.90 Å². The van der Waals surface area contributed by atoms with Crippen LogP contribution in [0.15, 0.2) is 12.1 Å². The summed E-state index contributed by atoms with van der Waals surface area (Å²) in [7, 11) is 0. The summed E-state index contributed by atoms with van der Waals surface area (Å²) >= 11 is 12.1. The Morgan fingerprint density at radius 1 is 1.25 bits per heavy atom. The van der Waals surface area contributed by atoms with Crippen LogP contribution in [-0.4, -0.2) is 47.9 Å². The third-order valence-corrected chi connectivity index (χ3v) is 4.96. The fourth-order valence-electron chi connectivity index (χ4n) is 3.11. The molecule has 0 aliphatic carbocycles. The molecule has 0 saturated carbocycles. The Hall–Kier alpha value is -0.970. The second kappa shape index (κ2) is 5.43. The zero-order valence-corrected chi connectivity index (χ0v) is 12.6. The van der Waals surface area contributed by atoms with Crippen LogP contribution in [0, 0.1) is 0 Å². The van der Waals surface area contributed by atoms with Gasteiger partial charge < -0.3 is 10.6 Å². The second-order valence-corrected chi connectivity index (χ2v) is 6.23. The van der Waals surface area contributed by atoms with E-state index in [1.807, 2.05) is 4.90 Å². The van der Waals surface area contributed by atoms with Gasteiger partial charge in [0.05, 0.1) is 15.6 Å². The zero-order valence-electron chi connectivity index (χ0n) is 11.1. The highest BCUT2D eigenvalue weighted by atomic mass is 35.5. The third kappa shape index (κ3) is 2.48. The summed E-state index contributed by atoms with van der Waals surface area (Å²) in [5.74, 6) is -0.0734. The highest BCUT2D eigenvalue weighted by Gasteiger charge is 2.33. The average molecular weight is 314 g/mol. The first-order valence-electron chi connectivity index (χ1n) is 6.84. The number of anilines is 1. The van der Waals surface area contributed by atoms with Crippen molar-refractivity contribution in [2.24, 2.45) is 0 Å². The first-order valence-corrected chi connectivity index (χ1v) is 7.59. The van der Waals surface area contributed by atoms with E-state index in [4.69, 9.17) is 28.9 Å². The number of hydrogen-bond acceptors (Lipinski definition) is 3. The molecule has 2 aliphatic heterocycles. The molecule has 1 atom stereocenters. The zero-order chi connectivity index (χ0) is 14.3. The van der Waals surface area contributed by atoms with Crippen molar-refractivity contribution in [2.45, 2.75) is 18.9 Å². The Morgan fingerprint density at radius 3 is 2.85 bits per heavy atom. The van der Waals surface area contributed by atoms with Gasteiger partial charge in [0.15, 0.2) is 0 Å². The van der Waals surface area contributed by atoms with Crippen molar-refractivity contribution >= 4 is 34.8 Å². The molecule has 2 aliphatic rings. The molecule has 1 aromatic carbocycles. The smallest absolute Gasteiger partial charge is 0.255 e. The largest absolute Gasteiger partial charge is 0.399 e. The number of halogens is 2. The molecule has 6 heteroatoms. The van der Waals surface area contributed by atoms with Gasteiger partial charge in [-0.25, -0.2) is 0 Å². The summed E-state index contributed by atoms with van der Waals surface area (Å²) < 4.78 is 0. The molecule has 1 unspecified atom stereocenters. The van der Waals surface area contributed by atoms with E-state index < -0.39 is 0 Å². The predicted octanol–water partition coefficient (Wildman–Crippen LogP) is 2.50. The highest BCUT2D eigenvalue weighted by molar-refractivity contribution is 6.44. The minimum atomic E-state index is -0.0734. The Kier molecular flexibility index (Phi) is 3.80. The van der Waals surface area contributed by atoms with Crippen LogP contribution in [-0.2, 0) is 0 Å². The van der Waals surface area contributed by atoms with E-state index in [1.165, 1.54) is 6.42 Å². The quantitative estimate of drug-likeness (QED) is 0.810. The molecule has 1 amide bonds. The molecule has 2 heterocycles. The van der Waals surface area contributed by atoms with Crippen molar-refractivity contribution in [3.8, 4) is 0 Å². The summed E-state index contributed by atoms with van der Waals surface area (Å²) in [4.78, 5) is 16.9. The maximum Gasteiger partial charge on any atom is 0.255 e. The number of carbonyl (C=O) groups excluding carboxylic acids is 1. The summed E-state index contributed by atoms with van der Waals surface area (Å²) in [5.41, 5.74) is 6.63. The van der Waals surface area contributed by atoms with Gasteiger partial charge in [-0.2, -0.15) is 0 Å². The Labute approximate surface area is 128 Å². The molecule has 0 spiro atoms. The van der Waals surface area contributed by atoms with Crippen molar-refractivity contribution in [2.75, 3.05) is 31.9 Å². The number of fused-ring (bicyclic) bond motifs is 1. The minimum Gasteiger partial charge on any atom is -0.399 e. The lowest BCUT2D eigenvalue weighted by Crippen LogP contribution is -2.52. The first kappa shape index (κ1) is 14.0. The normalized spacial score (nSPS) is 22.9. The van der Waals surface area contributed by atoms with E-state index in [0.717, 1.165) is 32.6 Å². The highest BCUT2D eigenvalue weighted by Crippen LogP contribution is 2.30. The van der Waals surface area contributed by atoms with Crippen LogP contribution in [0.2, 0.25) is 10.0 Å². The van der Waals surface area contributed by atoms with Crippen LogP contribution < -0.4 is 5.73 Å². The molecule has 0 aromatic heterocycles. The van der Waals surface area contributed by atoms with Gasteiger partial charge in [0.2, 0.25) is 0 Å². The lowest BCUT2D eigenvalue weighted by Gasteiger charge is -2.37. The summed E-state index contributed by atoms with van der Waals surface area (Å²) in [5, 5.41) is 0.620. The molecule has 2 N–H and O–H groups in total.